The lowest BCUT2D eigenvalue weighted by atomic mass is 10.2. The maximum absolute atomic E-state index is 12.5. The Hall–Kier alpha value is -2.58. The van der Waals surface area contributed by atoms with E-state index in [0.29, 0.717) is 0 Å². The number of nitrogens with one attached hydrogen (secondary N) is 2. The second-order valence-electron chi connectivity index (χ2n) is 3.95. The van der Waals surface area contributed by atoms with Crippen molar-refractivity contribution in [3.63, 3.8) is 0 Å². The van der Waals surface area contributed by atoms with Gasteiger partial charge in [-0.3, -0.25) is 9.59 Å². The number of hydrogen-bond acceptors (Lipinski definition) is 3. The van der Waals surface area contributed by atoms with Gasteiger partial charge >= 0.3 is 6.18 Å². The molecule has 1 amide bonds. The molecule has 0 unspecified atom stereocenters. The number of halogens is 3. The molecule has 0 aliphatic rings. The molecule has 0 fully saturated rings. The standard InChI is InChI=1S/C11H9F3N4O2/c1-18-16-8(10(20)17-18)9(19)15-7-4-2-3-6(5-7)11(12,13)14/h2-5H,1H3,(H,15,19)(H,17,20). The number of carbonyl (C=O) groups excluding carboxylic acids is 1. The fourth-order valence-electron chi connectivity index (χ4n) is 1.53. The summed E-state index contributed by atoms with van der Waals surface area (Å²) < 4.78 is 37.5. The number of alkyl halides is 3. The van der Waals surface area contributed by atoms with Crippen molar-refractivity contribution in [3.8, 4) is 0 Å². The monoisotopic (exact) mass is 286 g/mol. The molecule has 0 bridgehead atoms. The van der Waals surface area contributed by atoms with E-state index < -0.39 is 28.9 Å². The van der Waals surface area contributed by atoms with Crippen molar-refractivity contribution in [2.24, 2.45) is 7.05 Å². The van der Waals surface area contributed by atoms with Gasteiger partial charge in [0.25, 0.3) is 11.5 Å². The summed E-state index contributed by atoms with van der Waals surface area (Å²) in [5.74, 6) is -0.883. The first kappa shape index (κ1) is 13.8. The first-order valence-electron chi connectivity index (χ1n) is 5.39. The van der Waals surface area contributed by atoms with Gasteiger partial charge in [0.2, 0.25) is 5.69 Å². The number of nitrogens with zero attached hydrogens (tertiary/aromatic N) is 2. The number of benzene rings is 1. The summed E-state index contributed by atoms with van der Waals surface area (Å²) in [6.45, 7) is 0. The average molecular weight is 286 g/mol. The molecule has 20 heavy (non-hydrogen) atoms. The predicted molar refractivity (Wildman–Crippen MR) is 63.2 cm³/mol. The maximum Gasteiger partial charge on any atom is 0.416 e. The lowest BCUT2D eigenvalue weighted by molar-refractivity contribution is -0.137. The predicted octanol–water partition coefficient (Wildman–Crippen LogP) is 1.38. The molecular weight excluding hydrogens is 277 g/mol. The minimum atomic E-state index is -4.51. The third-order valence-corrected chi connectivity index (χ3v) is 2.39. The summed E-state index contributed by atoms with van der Waals surface area (Å²) in [4.78, 5) is 24.1. The smallest absolute Gasteiger partial charge is 0.320 e. The van der Waals surface area contributed by atoms with Gasteiger partial charge in [0.15, 0.2) is 0 Å². The molecule has 0 radical (unpaired) electrons. The Kier molecular flexibility index (Phi) is 3.35. The molecule has 2 N–H and O–H groups in total. The lowest BCUT2D eigenvalue weighted by Crippen LogP contribution is -2.20. The number of aromatic nitrogens is 3. The Morgan fingerprint density at radius 3 is 2.65 bits per heavy atom. The highest BCUT2D eigenvalue weighted by atomic mass is 19.4. The van der Waals surface area contributed by atoms with Crippen LogP contribution in [0.5, 0.6) is 0 Å². The molecule has 1 aromatic carbocycles. The highest BCUT2D eigenvalue weighted by Gasteiger charge is 2.30. The van der Waals surface area contributed by atoms with Gasteiger partial charge < -0.3 is 5.32 Å². The van der Waals surface area contributed by atoms with E-state index in [1.165, 1.54) is 13.1 Å². The van der Waals surface area contributed by atoms with Gasteiger partial charge in [-0.1, -0.05) is 6.07 Å². The van der Waals surface area contributed by atoms with Crippen LogP contribution >= 0.6 is 0 Å². The van der Waals surface area contributed by atoms with Crippen LogP contribution in [-0.2, 0) is 13.2 Å². The zero-order valence-corrected chi connectivity index (χ0v) is 10.2. The molecule has 0 spiro atoms. The van der Waals surface area contributed by atoms with Crippen LogP contribution in [0, 0.1) is 0 Å². The van der Waals surface area contributed by atoms with Crippen LogP contribution in [0.2, 0.25) is 0 Å². The Bertz CT molecular complexity index is 702. The number of aromatic amines is 1. The molecule has 0 atom stereocenters. The summed E-state index contributed by atoms with van der Waals surface area (Å²) in [6, 6.07) is 4.09. The van der Waals surface area contributed by atoms with Crippen LogP contribution in [-0.4, -0.2) is 20.9 Å². The third kappa shape index (κ3) is 2.87. The summed E-state index contributed by atoms with van der Waals surface area (Å²) in [5, 5.41) is 8.00. The number of carbonyl (C=O) groups is 1. The zero-order chi connectivity index (χ0) is 14.9. The summed E-state index contributed by atoms with van der Waals surface area (Å²) >= 11 is 0. The van der Waals surface area contributed by atoms with Gasteiger partial charge in [0.05, 0.1) is 5.56 Å². The number of amides is 1. The van der Waals surface area contributed by atoms with Gasteiger partial charge in [-0.05, 0) is 18.2 Å². The first-order chi connectivity index (χ1) is 9.27. The Morgan fingerprint density at radius 2 is 2.10 bits per heavy atom. The number of hydrogen-bond donors (Lipinski definition) is 2. The molecule has 2 aromatic rings. The first-order valence-corrected chi connectivity index (χ1v) is 5.39. The molecule has 0 aliphatic heterocycles. The molecule has 1 aromatic heterocycles. The lowest BCUT2D eigenvalue weighted by Gasteiger charge is -2.08. The summed E-state index contributed by atoms with van der Waals surface area (Å²) in [6.07, 6.45) is -4.51. The van der Waals surface area contributed by atoms with Crippen LogP contribution in [0.25, 0.3) is 0 Å². The molecule has 1 heterocycles. The van der Waals surface area contributed by atoms with Crippen LogP contribution in [0.4, 0.5) is 18.9 Å². The minimum Gasteiger partial charge on any atom is -0.320 e. The molecule has 0 aliphatic carbocycles. The second-order valence-corrected chi connectivity index (χ2v) is 3.95. The Labute approximate surface area is 110 Å². The quantitative estimate of drug-likeness (QED) is 0.875. The molecule has 0 saturated heterocycles. The van der Waals surface area contributed by atoms with E-state index in [9.17, 15) is 22.8 Å². The summed E-state index contributed by atoms with van der Waals surface area (Å²) in [5.41, 5.74) is -2.12. The Balaban J connectivity index is 2.25. The molecule has 2 rings (SSSR count). The summed E-state index contributed by atoms with van der Waals surface area (Å²) in [7, 11) is 1.41. The van der Waals surface area contributed by atoms with Crippen LogP contribution in [0.3, 0.4) is 0 Å². The number of anilines is 1. The van der Waals surface area contributed by atoms with Gasteiger partial charge in [0.1, 0.15) is 0 Å². The van der Waals surface area contributed by atoms with Crippen molar-refractivity contribution in [2.45, 2.75) is 6.18 Å². The molecule has 0 saturated carbocycles. The maximum atomic E-state index is 12.5. The van der Waals surface area contributed by atoms with Crippen molar-refractivity contribution in [1.82, 2.24) is 15.0 Å². The SMILES string of the molecule is Cn1nc(C(=O)Nc2cccc(C(F)(F)F)c2)c(=O)[nH]1. The fraction of sp³-hybridized carbons (Fsp3) is 0.182. The van der Waals surface area contributed by atoms with E-state index >= 15 is 0 Å². The van der Waals surface area contributed by atoms with Crippen molar-refractivity contribution >= 4 is 11.6 Å². The van der Waals surface area contributed by atoms with Gasteiger partial charge in [-0.15, -0.1) is 5.10 Å². The number of H-pyrrole nitrogens is 1. The topological polar surface area (TPSA) is 79.8 Å². The molecule has 106 valence electrons. The van der Waals surface area contributed by atoms with Crippen molar-refractivity contribution in [2.75, 3.05) is 5.32 Å². The van der Waals surface area contributed by atoms with Crippen molar-refractivity contribution < 1.29 is 18.0 Å². The van der Waals surface area contributed by atoms with E-state index in [2.05, 4.69) is 15.5 Å². The second kappa shape index (κ2) is 4.83. The van der Waals surface area contributed by atoms with Crippen molar-refractivity contribution in [1.29, 1.82) is 0 Å². The minimum absolute atomic E-state index is 0.0742. The molecular formula is C11H9F3N4O2. The third-order valence-electron chi connectivity index (χ3n) is 2.39. The van der Waals surface area contributed by atoms with E-state index in [1.54, 1.807) is 0 Å². The highest BCUT2D eigenvalue weighted by Crippen LogP contribution is 2.30. The molecule has 9 heteroatoms. The fourth-order valence-corrected chi connectivity index (χ4v) is 1.53. The largest absolute Gasteiger partial charge is 0.416 e. The highest BCUT2D eigenvalue weighted by molar-refractivity contribution is 6.02. The Morgan fingerprint density at radius 1 is 1.40 bits per heavy atom. The van der Waals surface area contributed by atoms with Crippen molar-refractivity contribution in [3.05, 3.63) is 45.9 Å². The van der Waals surface area contributed by atoms with E-state index in [4.69, 9.17) is 0 Å². The van der Waals surface area contributed by atoms with E-state index in [1.807, 2.05) is 0 Å². The van der Waals surface area contributed by atoms with E-state index in [0.717, 1.165) is 23.0 Å². The van der Waals surface area contributed by atoms with Gasteiger partial charge in [-0.25, -0.2) is 9.90 Å². The van der Waals surface area contributed by atoms with Gasteiger partial charge in [0, 0.05) is 12.7 Å². The normalized spacial score (nSPS) is 11.4. The molecule has 6 nitrogen and oxygen atoms in total. The van der Waals surface area contributed by atoms with Crippen LogP contribution in [0.15, 0.2) is 29.1 Å². The van der Waals surface area contributed by atoms with E-state index in [-0.39, 0.29) is 5.69 Å². The average Bonchev–Trinajstić information content (AvgIpc) is 2.68. The van der Waals surface area contributed by atoms with Crippen LogP contribution in [0.1, 0.15) is 16.1 Å². The number of aryl methyl sites for hydroxylation is 1. The zero-order valence-electron chi connectivity index (χ0n) is 10.2. The number of rotatable bonds is 2. The van der Waals surface area contributed by atoms with Crippen LogP contribution < -0.4 is 10.9 Å². The van der Waals surface area contributed by atoms with Gasteiger partial charge in [-0.2, -0.15) is 13.2 Å².